The lowest BCUT2D eigenvalue weighted by atomic mass is 9.85. The number of para-hydroxylation sites is 2. The van der Waals surface area contributed by atoms with Crippen LogP contribution < -0.4 is 0 Å². The third kappa shape index (κ3) is 6.76. The minimum absolute atomic E-state index is 0.0208. The summed E-state index contributed by atoms with van der Waals surface area (Å²) in [4.78, 5) is 10.5. The molecule has 34 heavy (non-hydrogen) atoms. The number of hydrogen-bond donors (Lipinski definition) is 0. The second-order valence-electron chi connectivity index (χ2n) is 11.0. The van der Waals surface area contributed by atoms with Crippen molar-refractivity contribution in [2.75, 3.05) is 0 Å². The molecule has 0 fully saturated rings. The minimum atomic E-state index is 0.0208. The van der Waals surface area contributed by atoms with E-state index in [0.29, 0.717) is 0 Å². The minimum Gasteiger partial charge on any atom is -0.251 e. The Hall–Kier alpha value is -3.00. The number of rotatable bonds is 7. The average Bonchev–Trinajstić information content (AvgIpc) is 2.80. The molecule has 3 aromatic rings. The van der Waals surface area contributed by atoms with E-state index in [2.05, 4.69) is 127 Å². The highest BCUT2D eigenvalue weighted by Gasteiger charge is 2.20. The third-order valence-electron chi connectivity index (χ3n) is 6.10. The molecule has 0 bridgehead atoms. The fraction of sp³-hybridized carbons (Fsp3) is 0.375. The molecular weight excluding hydrogens is 412 g/mol. The molecule has 0 radical (unpaired) electrons. The Balaban J connectivity index is 2.12. The van der Waals surface area contributed by atoms with Crippen LogP contribution >= 0.6 is 0 Å². The maximum Gasteiger partial charge on any atom is 0.0671 e. The molecule has 3 rings (SSSR count). The molecule has 3 aromatic carbocycles. The van der Waals surface area contributed by atoms with Gasteiger partial charge in [-0.2, -0.15) is 0 Å². The molecule has 0 heterocycles. The maximum atomic E-state index is 5.29. The van der Waals surface area contributed by atoms with Crippen molar-refractivity contribution >= 4 is 22.8 Å². The number of aryl methyl sites for hydroxylation is 1. The standard InChI is InChI=1S/C32H40N2/c1-8-27(33-28-20-14-12-18-25(28)31(2,3)4)30(23-22-24-16-10-9-11-17-24)34-29-21-15-13-19-26(29)32(5,6)7/h9-21H,8,22-23H2,1-7H3. The highest BCUT2D eigenvalue weighted by atomic mass is 14.8. The van der Waals surface area contributed by atoms with E-state index in [1.54, 1.807) is 0 Å². The molecule has 2 heteroatoms. The van der Waals surface area contributed by atoms with Crippen LogP contribution in [0.1, 0.15) is 78.0 Å². The highest BCUT2D eigenvalue weighted by molar-refractivity contribution is 6.43. The smallest absolute Gasteiger partial charge is 0.0671 e. The molecule has 178 valence electrons. The Bertz CT molecular complexity index is 1140. The summed E-state index contributed by atoms with van der Waals surface area (Å²) in [6.45, 7) is 15.7. The van der Waals surface area contributed by atoms with Crippen LogP contribution in [0.3, 0.4) is 0 Å². The molecule has 0 aromatic heterocycles. The molecule has 0 spiro atoms. The number of hydrogen-bond acceptors (Lipinski definition) is 2. The van der Waals surface area contributed by atoms with Crippen LogP contribution in [0, 0.1) is 0 Å². The van der Waals surface area contributed by atoms with E-state index in [9.17, 15) is 0 Å². The summed E-state index contributed by atoms with van der Waals surface area (Å²) >= 11 is 0. The quantitative estimate of drug-likeness (QED) is 0.319. The van der Waals surface area contributed by atoms with Gasteiger partial charge in [-0.3, -0.25) is 9.98 Å². The summed E-state index contributed by atoms with van der Waals surface area (Å²) in [5.74, 6) is 0. The molecule has 0 aliphatic carbocycles. The van der Waals surface area contributed by atoms with Gasteiger partial charge < -0.3 is 0 Å². The fourth-order valence-corrected chi connectivity index (χ4v) is 4.22. The van der Waals surface area contributed by atoms with Crippen LogP contribution in [0.2, 0.25) is 0 Å². The van der Waals surface area contributed by atoms with Crippen molar-refractivity contribution in [3.05, 3.63) is 95.6 Å². The van der Waals surface area contributed by atoms with E-state index in [1.807, 2.05) is 0 Å². The number of benzene rings is 3. The van der Waals surface area contributed by atoms with E-state index < -0.39 is 0 Å². The fourth-order valence-electron chi connectivity index (χ4n) is 4.22. The van der Waals surface area contributed by atoms with Gasteiger partial charge in [-0.15, -0.1) is 0 Å². The first-order valence-corrected chi connectivity index (χ1v) is 12.5. The zero-order valence-electron chi connectivity index (χ0n) is 22.0. The van der Waals surface area contributed by atoms with Crippen molar-refractivity contribution < 1.29 is 0 Å². The highest BCUT2D eigenvalue weighted by Crippen LogP contribution is 2.33. The van der Waals surface area contributed by atoms with Gasteiger partial charge in [0.2, 0.25) is 0 Å². The summed E-state index contributed by atoms with van der Waals surface area (Å²) in [6, 6.07) is 27.7. The Morgan fingerprint density at radius 1 is 0.588 bits per heavy atom. The normalized spacial score (nSPS) is 13.3. The first-order chi connectivity index (χ1) is 16.1. The third-order valence-corrected chi connectivity index (χ3v) is 6.10. The molecule has 0 aliphatic rings. The zero-order chi connectivity index (χ0) is 24.8. The van der Waals surface area contributed by atoms with Crippen LogP contribution in [-0.4, -0.2) is 11.4 Å². The van der Waals surface area contributed by atoms with Gasteiger partial charge in [0.15, 0.2) is 0 Å². The molecule has 0 unspecified atom stereocenters. The molecule has 0 aliphatic heterocycles. The van der Waals surface area contributed by atoms with Crippen molar-refractivity contribution in [3.8, 4) is 0 Å². The predicted octanol–water partition coefficient (Wildman–Crippen LogP) is 9.17. The molecule has 0 N–H and O–H groups in total. The zero-order valence-corrected chi connectivity index (χ0v) is 22.0. The van der Waals surface area contributed by atoms with Gasteiger partial charge >= 0.3 is 0 Å². The summed E-state index contributed by atoms with van der Waals surface area (Å²) in [6.07, 6.45) is 2.63. The van der Waals surface area contributed by atoms with Crippen molar-refractivity contribution in [1.82, 2.24) is 0 Å². The van der Waals surface area contributed by atoms with Gasteiger partial charge in [-0.05, 0) is 58.9 Å². The van der Waals surface area contributed by atoms with Gasteiger partial charge in [0, 0.05) is 0 Å². The van der Waals surface area contributed by atoms with Gasteiger partial charge in [0.1, 0.15) is 0 Å². The van der Waals surface area contributed by atoms with E-state index in [1.165, 1.54) is 16.7 Å². The van der Waals surface area contributed by atoms with E-state index in [4.69, 9.17) is 9.98 Å². The van der Waals surface area contributed by atoms with Crippen LogP contribution in [0.5, 0.6) is 0 Å². The topological polar surface area (TPSA) is 24.7 Å². The van der Waals surface area contributed by atoms with E-state index in [-0.39, 0.29) is 10.8 Å². The first kappa shape index (κ1) is 25.6. The lowest BCUT2D eigenvalue weighted by Crippen LogP contribution is -2.17. The van der Waals surface area contributed by atoms with Crippen molar-refractivity contribution in [3.63, 3.8) is 0 Å². The van der Waals surface area contributed by atoms with E-state index in [0.717, 1.165) is 42.1 Å². The Morgan fingerprint density at radius 3 is 1.50 bits per heavy atom. The maximum absolute atomic E-state index is 5.29. The van der Waals surface area contributed by atoms with Gasteiger partial charge in [-0.25, -0.2) is 0 Å². The van der Waals surface area contributed by atoms with Gasteiger partial charge in [-0.1, -0.05) is 115 Å². The largest absolute Gasteiger partial charge is 0.251 e. The Labute approximate surface area is 206 Å². The Kier molecular flexibility index (Phi) is 8.25. The van der Waals surface area contributed by atoms with Crippen molar-refractivity contribution in [2.45, 2.75) is 78.6 Å². The number of nitrogens with zero attached hydrogens (tertiary/aromatic N) is 2. The SMILES string of the molecule is CCC(=Nc1ccccc1C(C)(C)C)C(CCc1ccccc1)=Nc1ccccc1C(C)(C)C. The number of aliphatic imine (C=N–C) groups is 2. The lowest BCUT2D eigenvalue weighted by Gasteiger charge is -2.22. The molecule has 0 amide bonds. The summed E-state index contributed by atoms with van der Waals surface area (Å²) in [7, 11) is 0. The second-order valence-corrected chi connectivity index (χ2v) is 11.0. The van der Waals surface area contributed by atoms with Crippen LogP contribution in [0.4, 0.5) is 11.4 Å². The van der Waals surface area contributed by atoms with Gasteiger partial charge in [0.25, 0.3) is 0 Å². The molecule has 0 saturated heterocycles. The summed E-state index contributed by atoms with van der Waals surface area (Å²) in [5.41, 5.74) is 8.13. The summed E-state index contributed by atoms with van der Waals surface area (Å²) < 4.78 is 0. The second kappa shape index (κ2) is 11.0. The molecule has 2 nitrogen and oxygen atoms in total. The molecule has 0 saturated carbocycles. The van der Waals surface area contributed by atoms with Crippen molar-refractivity contribution in [1.29, 1.82) is 0 Å². The predicted molar refractivity (Wildman–Crippen MR) is 150 cm³/mol. The first-order valence-electron chi connectivity index (χ1n) is 12.5. The monoisotopic (exact) mass is 452 g/mol. The van der Waals surface area contributed by atoms with E-state index >= 15 is 0 Å². The van der Waals surface area contributed by atoms with Crippen molar-refractivity contribution in [2.24, 2.45) is 9.98 Å². The summed E-state index contributed by atoms with van der Waals surface area (Å²) in [5, 5.41) is 0. The van der Waals surface area contributed by atoms with Crippen LogP contribution in [-0.2, 0) is 17.3 Å². The molecule has 0 atom stereocenters. The molecular formula is C32H40N2. The van der Waals surface area contributed by atoms with Crippen LogP contribution in [0.25, 0.3) is 0 Å². The average molecular weight is 453 g/mol. The lowest BCUT2D eigenvalue weighted by molar-refractivity contribution is 0.591. The Morgan fingerprint density at radius 2 is 1.03 bits per heavy atom. The van der Waals surface area contributed by atoms with Crippen LogP contribution in [0.15, 0.2) is 88.8 Å². The van der Waals surface area contributed by atoms with Gasteiger partial charge in [0.05, 0.1) is 22.8 Å².